The van der Waals surface area contributed by atoms with E-state index in [1.807, 2.05) is 6.07 Å². The molecule has 3 nitrogen and oxygen atoms in total. The maximum Gasteiger partial charge on any atom is 0.309 e. The van der Waals surface area contributed by atoms with Gasteiger partial charge in [0.15, 0.2) is 0 Å². The van der Waals surface area contributed by atoms with E-state index in [0.29, 0.717) is 32.1 Å². The van der Waals surface area contributed by atoms with Gasteiger partial charge in [-0.25, -0.2) is 0 Å². The van der Waals surface area contributed by atoms with E-state index in [-0.39, 0.29) is 6.42 Å². The lowest BCUT2D eigenvalue weighted by molar-refractivity contribution is -0.156. The summed E-state index contributed by atoms with van der Waals surface area (Å²) in [5.41, 5.74) is 2.26. The molecule has 1 fully saturated rings. The van der Waals surface area contributed by atoms with Crippen LogP contribution in [0.15, 0.2) is 36.4 Å². The highest BCUT2D eigenvalue weighted by Crippen LogP contribution is 2.36. The number of carbonyl (C=O) groups is 1. The van der Waals surface area contributed by atoms with Gasteiger partial charge in [0.25, 0.3) is 0 Å². The quantitative estimate of drug-likeness (QED) is 0.602. The number of aliphatic hydroxyl groups excluding tert-OH is 1. The maximum atomic E-state index is 11.5. The van der Waals surface area contributed by atoms with Crippen LogP contribution in [0.3, 0.4) is 0 Å². The number of aliphatic hydroxyl groups is 1. The van der Waals surface area contributed by atoms with Gasteiger partial charge in [0.2, 0.25) is 0 Å². The van der Waals surface area contributed by atoms with Crippen LogP contribution < -0.4 is 0 Å². The summed E-state index contributed by atoms with van der Waals surface area (Å²) in [5.74, 6) is -0.426. The molecule has 0 aliphatic carbocycles. The molecular weight excluding hydrogens is 418 g/mol. The molecule has 0 aromatic heterocycles. The molecule has 0 radical (unpaired) electrons. The first kappa shape index (κ1) is 19.5. The normalized spacial score (nSPS) is 20.4. The summed E-state index contributed by atoms with van der Waals surface area (Å²) in [6, 6.07) is 8.65. The second-order valence-electron chi connectivity index (χ2n) is 5.96. The van der Waals surface area contributed by atoms with Crippen LogP contribution >= 0.6 is 46.4 Å². The van der Waals surface area contributed by atoms with Crippen molar-refractivity contribution in [1.82, 2.24) is 0 Å². The average Bonchev–Trinajstić information content (AvgIpc) is 2.55. The Bertz CT molecular complexity index is 879. The highest BCUT2D eigenvalue weighted by atomic mass is 35.5. The molecule has 7 heteroatoms. The summed E-state index contributed by atoms with van der Waals surface area (Å²) >= 11 is 24.7. The van der Waals surface area contributed by atoms with E-state index < -0.39 is 18.2 Å². The van der Waals surface area contributed by atoms with Crippen molar-refractivity contribution in [1.29, 1.82) is 0 Å². The van der Waals surface area contributed by atoms with Crippen molar-refractivity contribution in [3.63, 3.8) is 0 Å². The first-order chi connectivity index (χ1) is 12.3. The largest absolute Gasteiger partial charge is 0.458 e. The number of ether oxygens (including phenoxy) is 1. The van der Waals surface area contributed by atoms with Crippen molar-refractivity contribution in [3.8, 4) is 11.1 Å². The van der Waals surface area contributed by atoms with Gasteiger partial charge in [-0.05, 0) is 41.5 Å². The molecule has 1 aliphatic heterocycles. The van der Waals surface area contributed by atoms with Gasteiger partial charge >= 0.3 is 5.97 Å². The van der Waals surface area contributed by atoms with Crippen molar-refractivity contribution in [2.24, 2.45) is 0 Å². The molecule has 2 atom stereocenters. The summed E-state index contributed by atoms with van der Waals surface area (Å²) in [6.07, 6.45) is 2.60. The molecule has 0 amide bonds. The highest BCUT2D eigenvalue weighted by Gasteiger charge is 2.25. The Morgan fingerprint density at radius 2 is 1.81 bits per heavy atom. The topological polar surface area (TPSA) is 46.5 Å². The Morgan fingerprint density at radius 3 is 2.50 bits per heavy atom. The molecule has 1 N–H and O–H groups in total. The molecule has 1 heterocycles. The standard InChI is InChI=1S/C19H14Cl4O3/c20-11-6-15(10-1-4-16(21)18(23)5-10)14(17(22)7-11)3-2-13-8-12(24)9-19(25)26-13/h1-7,12-13,24H,8-9H2/b3-2+/t12-,13-/m1/s1. The van der Waals surface area contributed by atoms with Crippen molar-refractivity contribution >= 4 is 58.4 Å². The van der Waals surface area contributed by atoms with Crippen LogP contribution in [0.4, 0.5) is 0 Å². The highest BCUT2D eigenvalue weighted by molar-refractivity contribution is 6.42. The summed E-state index contributed by atoms with van der Waals surface area (Å²) in [7, 11) is 0. The first-order valence-corrected chi connectivity index (χ1v) is 9.35. The second-order valence-corrected chi connectivity index (χ2v) is 7.62. The minimum Gasteiger partial charge on any atom is -0.458 e. The molecule has 1 aliphatic rings. The number of rotatable bonds is 3. The Kier molecular flexibility index (Phi) is 6.16. The zero-order chi connectivity index (χ0) is 18.8. The molecule has 0 spiro atoms. The monoisotopic (exact) mass is 430 g/mol. The van der Waals surface area contributed by atoms with E-state index in [9.17, 15) is 9.90 Å². The van der Waals surface area contributed by atoms with E-state index in [4.69, 9.17) is 51.1 Å². The fourth-order valence-electron chi connectivity index (χ4n) is 2.79. The van der Waals surface area contributed by atoms with Crippen LogP contribution in [0.25, 0.3) is 17.2 Å². The molecule has 3 rings (SSSR count). The number of hydrogen-bond acceptors (Lipinski definition) is 3. The molecular formula is C19H14Cl4O3. The molecule has 136 valence electrons. The summed E-state index contributed by atoms with van der Waals surface area (Å²) < 4.78 is 5.23. The van der Waals surface area contributed by atoms with Crippen LogP contribution in [0.5, 0.6) is 0 Å². The smallest absolute Gasteiger partial charge is 0.309 e. The zero-order valence-electron chi connectivity index (χ0n) is 13.4. The van der Waals surface area contributed by atoms with Crippen molar-refractivity contribution < 1.29 is 14.6 Å². The molecule has 26 heavy (non-hydrogen) atoms. The zero-order valence-corrected chi connectivity index (χ0v) is 16.4. The fraction of sp³-hybridized carbons (Fsp3) is 0.211. The molecule has 0 saturated carbocycles. The van der Waals surface area contributed by atoms with Crippen molar-refractivity contribution in [3.05, 3.63) is 62.1 Å². The minimum absolute atomic E-state index is 0.0144. The predicted octanol–water partition coefficient (Wildman–Crippen LogP) is 6.05. The van der Waals surface area contributed by atoms with E-state index >= 15 is 0 Å². The van der Waals surface area contributed by atoms with Gasteiger partial charge in [-0.15, -0.1) is 0 Å². The number of hydrogen-bond donors (Lipinski definition) is 1. The predicted molar refractivity (Wildman–Crippen MR) is 106 cm³/mol. The number of benzene rings is 2. The summed E-state index contributed by atoms with van der Waals surface area (Å²) in [5, 5.41) is 11.5. The Hall–Kier alpha value is -1.23. The lowest BCUT2D eigenvalue weighted by Crippen LogP contribution is -2.31. The summed E-state index contributed by atoms with van der Waals surface area (Å²) in [4.78, 5) is 11.5. The van der Waals surface area contributed by atoms with Crippen molar-refractivity contribution in [2.75, 3.05) is 0 Å². The van der Waals surface area contributed by atoms with Crippen LogP contribution in [-0.2, 0) is 9.53 Å². The lowest BCUT2D eigenvalue weighted by Gasteiger charge is -2.23. The van der Waals surface area contributed by atoms with E-state index in [2.05, 4.69) is 0 Å². The molecule has 2 aromatic carbocycles. The van der Waals surface area contributed by atoms with Crippen molar-refractivity contribution in [2.45, 2.75) is 25.0 Å². The van der Waals surface area contributed by atoms with Crippen LogP contribution in [0.1, 0.15) is 18.4 Å². The lowest BCUT2D eigenvalue weighted by atomic mass is 9.98. The molecule has 0 bridgehead atoms. The second kappa shape index (κ2) is 8.20. The maximum absolute atomic E-state index is 11.5. The van der Waals surface area contributed by atoms with Crippen LogP contribution in [-0.4, -0.2) is 23.3 Å². The number of cyclic esters (lactones) is 1. The van der Waals surface area contributed by atoms with E-state index in [0.717, 1.165) is 11.1 Å². The third kappa shape index (κ3) is 4.54. The Labute approximate surface area is 171 Å². The van der Waals surface area contributed by atoms with Gasteiger partial charge < -0.3 is 9.84 Å². The molecule has 2 aromatic rings. The van der Waals surface area contributed by atoms with Crippen LogP contribution in [0, 0.1) is 0 Å². The average molecular weight is 432 g/mol. The van der Waals surface area contributed by atoms with E-state index in [1.165, 1.54) is 0 Å². The fourth-order valence-corrected chi connectivity index (χ4v) is 3.64. The van der Waals surface area contributed by atoms with Gasteiger partial charge in [0, 0.05) is 22.0 Å². The molecule has 1 saturated heterocycles. The minimum atomic E-state index is -0.707. The SMILES string of the molecule is O=C1C[C@H](O)C[C@@H](/C=C/c2c(Cl)cc(Cl)cc2-c2ccc(Cl)c(Cl)c2)O1. The van der Waals surface area contributed by atoms with Crippen LogP contribution in [0.2, 0.25) is 20.1 Å². The molecule has 0 unspecified atom stereocenters. The number of halogens is 4. The first-order valence-electron chi connectivity index (χ1n) is 7.83. The van der Waals surface area contributed by atoms with Gasteiger partial charge in [-0.3, -0.25) is 4.79 Å². The summed E-state index contributed by atoms with van der Waals surface area (Å²) in [6.45, 7) is 0. The van der Waals surface area contributed by atoms with Gasteiger partial charge in [-0.2, -0.15) is 0 Å². The van der Waals surface area contributed by atoms with E-state index in [1.54, 1.807) is 36.4 Å². The van der Waals surface area contributed by atoms with Gasteiger partial charge in [0.05, 0.1) is 22.6 Å². The number of carbonyl (C=O) groups excluding carboxylic acids is 1. The van der Waals surface area contributed by atoms with Gasteiger partial charge in [0.1, 0.15) is 6.10 Å². The third-order valence-electron chi connectivity index (χ3n) is 3.99. The Balaban J connectivity index is 1.99. The van der Waals surface area contributed by atoms with Gasteiger partial charge in [-0.1, -0.05) is 58.5 Å². The Morgan fingerprint density at radius 1 is 1.04 bits per heavy atom. The third-order valence-corrected chi connectivity index (χ3v) is 5.26. The number of esters is 1.